The van der Waals surface area contributed by atoms with Crippen LogP contribution in [0.2, 0.25) is 0 Å². The first-order chi connectivity index (χ1) is 21.9. The number of rotatable bonds is 8. The second-order valence-electron chi connectivity index (χ2n) is 15.3. The first-order valence-corrected chi connectivity index (χ1v) is 17.2. The fourth-order valence-corrected chi connectivity index (χ4v) is 10.4. The second kappa shape index (κ2) is 12.9. The molecule has 0 aliphatic heterocycles. The highest BCUT2D eigenvalue weighted by molar-refractivity contribution is 5.91. The van der Waals surface area contributed by atoms with Gasteiger partial charge in [0.05, 0.1) is 29.6 Å². The number of anilines is 1. The molecule has 0 saturated heterocycles. The molecular weight excluding hydrogens is 580 g/mol. The minimum atomic E-state index is -0.965. The number of amides is 1. The van der Waals surface area contributed by atoms with Crippen molar-refractivity contribution in [2.24, 2.45) is 51.3 Å². The molecule has 4 aliphatic rings. The normalized spacial score (nSPS) is 37.6. The number of aliphatic hydroxyl groups excluding tert-OH is 3. The molecular formula is C38H50N2O6. The maximum Gasteiger partial charge on any atom is 0.335 e. The summed E-state index contributed by atoms with van der Waals surface area (Å²) in [5, 5.41) is 45.8. The van der Waals surface area contributed by atoms with Gasteiger partial charge in [-0.15, -0.1) is 0 Å². The lowest BCUT2D eigenvalue weighted by molar-refractivity contribution is -0.207. The molecule has 8 nitrogen and oxygen atoms in total. The molecule has 4 aliphatic carbocycles. The van der Waals surface area contributed by atoms with Gasteiger partial charge in [-0.25, -0.2) is 4.79 Å². The van der Waals surface area contributed by atoms with Crippen molar-refractivity contribution in [1.82, 2.24) is 0 Å². The maximum absolute atomic E-state index is 13.0. The minimum absolute atomic E-state index is 0.0354. The Morgan fingerprint density at radius 3 is 2.37 bits per heavy atom. The third kappa shape index (κ3) is 6.04. The van der Waals surface area contributed by atoms with Crippen LogP contribution in [0.3, 0.4) is 0 Å². The van der Waals surface area contributed by atoms with Gasteiger partial charge in [-0.1, -0.05) is 32.9 Å². The summed E-state index contributed by atoms with van der Waals surface area (Å²) in [5.74, 6) is 0.616. The van der Waals surface area contributed by atoms with Gasteiger partial charge in [0.2, 0.25) is 5.91 Å². The minimum Gasteiger partial charge on any atom is -0.478 e. The van der Waals surface area contributed by atoms with Crippen LogP contribution >= 0.6 is 0 Å². The molecule has 0 aromatic heterocycles. The van der Waals surface area contributed by atoms with E-state index in [1.54, 1.807) is 30.5 Å². The first-order valence-electron chi connectivity index (χ1n) is 17.2. The van der Waals surface area contributed by atoms with E-state index in [1.807, 2.05) is 24.3 Å². The number of aromatic carboxylic acids is 1. The zero-order valence-electron chi connectivity index (χ0n) is 27.3. The van der Waals surface area contributed by atoms with E-state index in [9.17, 15) is 24.9 Å². The van der Waals surface area contributed by atoms with E-state index in [0.717, 1.165) is 62.6 Å². The van der Waals surface area contributed by atoms with Crippen LogP contribution in [0.25, 0.3) is 0 Å². The van der Waals surface area contributed by atoms with Gasteiger partial charge < -0.3 is 25.7 Å². The molecule has 4 saturated carbocycles. The lowest BCUT2D eigenvalue weighted by Gasteiger charge is -2.63. The van der Waals surface area contributed by atoms with Crippen molar-refractivity contribution < 1.29 is 30.0 Å². The summed E-state index contributed by atoms with van der Waals surface area (Å²) in [7, 11) is 0. The summed E-state index contributed by atoms with van der Waals surface area (Å²) in [6, 6.07) is 13.8. The number of carboxylic acids is 1. The quantitative estimate of drug-likeness (QED) is 0.213. The van der Waals surface area contributed by atoms with Crippen molar-refractivity contribution in [3.63, 3.8) is 0 Å². The predicted octanol–water partition coefficient (Wildman–Crippen LogP) is 6.45. The zero-order chi connectivity index (χ0) is 32.8. The summed E-state index contributed by atoms with van der Waals surface area (Å²) in [6.45, 7) is 6.85. The van der Waals surface area contributed by atoms with E-state index in [2.05, 4.69) is 31.1 Å². The van der Waals surface area contributed by atoms with Gasteiger partial charge in [-0.3, -0.25) is 9.79 Å². The molecule has 4 fully saturated rings. The highest BCUT2D eigenvalue weighted by atomic mass is 16.4. The fraction of sp³-hybridized carbons (Fsp3) is 0.605. The maximum atomic E-state index is 13.0. The van der Waals surface area contributed by atoms with Gasteiger partial charge in [0, 0.05) is 18.3 Å². The second-order valence-corrected chi connectivity index (χ2v) is 15.3. The van der Waals surface area contributed by atoms with Crippen molar-refractivity contribution >= 4 is 29.5 Å². The lowest BCUT2D eigenvalue weighted by atomic mass is 9.43. The molecule has 0 heterocycles. The third-order valence-corrected chi connectivity index (χ3v) is 13.0. The number of carboxylic acid groups (broad SMARTS) is 1. The summed E-state index contributed by atoms with van der Waals surface area (Å²) in [4.78, 5) is 28.4. The summed E-state index contributed by atoms with van der Waals surface area (Å²) < 4.78 is 0. The van der Waals surface area contributed by atoms with E-state index in [4.69, 9.17) is 5.11 Å². The molecule has 0 bridgehead atoms. The first kappa shape index (κ1) is 32.9. The Labute approximate surface area is 272 Å². The Hall–Kier alpha value is -3.07. The van der Waals surface area contributed by atoms with Crippen LogP contribution in [0.1, 0.15) is 94.5 Å². The molecule has 46 heavy (non-hydrogen) atoms. The number of nitrogens with one attached hydrogen (secondary N) is 1. The number of benzene rings is 2. The number of aliphatic imine (C=N–C) groups is 1. The molecule has 248 valence electrons. The van der Waals surface area contributed by atoms with Crippen molar-refractivity contribution in [1.29, 1.82) is 0 Å². The molecule has 0 spiro atoms. The Morgan fingerprint density at radius 2 is 1.67 bits per heavy atom. The van der Waals surface area contributed by atoms with Crippen LogP contribution < -0.4 is 5.32 Å². The monoisotopic (exact) mass is 630 g/mol. The number of carbonyl (C=O) groups is 2. The average molecular weight is 631 g/mol. The Balaban J connectivity index is 1.04. The molecule has 1 amide bonds. The van der Waals surface area contributed by atoms with Crippen molar-refractivity contribution in [3.05, 3.63) is 59.7 Å². The summed E-state index contributed by atoms with van der Waals surface area (Å²) >= 11 is 0. The molecule has 2 aromatic carbocycles. The van der Waals surface area contributed by atoms with Crippen LogP contribution in [0, 0.1) is 46.3 Å². The third-order valence-electron chi connectivity index (χ3n) is 13.0. The molecule has 5 N–H and O–H groups in total. The van der Waals surface area contributed by atoms with Gasteiger partial charge in [0.25, 0.3) is 0 Å². The van der Waals surface area contributed by atoms with Crippen molar-refractivity contribution in [2.45, 2.75) is 96.9 Å². The van der Waals surface area contributed by atoms with E-state index in [0.29, 0.717) is 23.9 Å². The van der Waals surface area contributed by atoms with E-state index < -0.39 is 12.1 Å². The molecule has 11 atom stereocenters. The fourth-order valence-electron chi connectivity index (χ4n) is 10.4. The number of fused-ring (bicyclic) bond motifs is 5. The van der Waals surface area contributed by atoms with Crippen LogP contribution in [0.5, 0.6) is 0 Å². The smallest absolute Gasteiger partial charge is 0.335 e. The van der Waals surface area contributed by atoms with Crippen LogP contribution in [-0.2, 0) is 4.79 Å². The number of hydrogen-bond acceptors (Lipinski definition) is 6. The van der Waals surface area contributed by atoms with E-state index in [-0.39, 0.29) is 58.2 Å². The summed E-state index contributed by atoms with van der Waals surface area (Å²) in [6.07, 6.45) is 7.79. The molecule has 6 rings (SSSR count). The Bertz CT molecular complexity index is 1440. The highest BCUT2D eigenvalue weighted by Crippen LogP contribution is 2.68. The molecule has 2 aromatic rings. The van der Waals surface area contributed by atoms with Crippen molar-refractivity contribution in [2.75, 3.05) is 5.32 Å². The van der Waals surface area contributed by atoms with Crippen LogP contribution in [0.15, 0.2) is 53.5 Å². The predicted molar refractivity (Wildman–Crippen MR) is 178 cm³/mol. The zero-order valence-corrected chi connectivity index (χ0v) is 27.3. The Kier molecular flexibility index (Phi) is 9.18. The highest BCUT2D eigenvalue weighted by Gasteiger charge is 2.65. The van der Waals surface area contributed by atoms with E-state index in [1.165, 1.54) is 0 Å². The van der Waals surface area contributed by atoms with E-state index >= 15 is 0 Å². The largest absolute Gasteiger partial charge is 0.478 e. The number of nitrogens with zero attached hydrogens (tertiary/aromatic N) is 1. The number of carbonyl (C=O) groups excluding carboxylic acids is 1. The van der Waals surface area contributed by atoms with Gasteiger partial charge >= 0.3 is 5.97 Å². The van der Waals surface area contributed by atoms with Gasteiger partial charge in [-0.2, -0.15) is 0 Å². The van der Waals surface area contributed by atoms with Crippen molar-refractivity contribution in [3.8, 4) is 0 Å². The lowest BCUT2D eigenvalue weighted by Crippen LogP contribution is -2.62. The topological polar surface area (TPSA) is 139 Å². The SMILES string of the molecule is C[C@H](CCC(=O)Nc1ccc(N=Cc2ccc(C(=O)O)cc2)cc1)[C@H]1CC[C@H]2[C@@H]3C(O)C[C@H]4C[C@H](O)CC[C@]4(C)[C@H]3C[C@H](O)[C@]12C. The number of aliphatic hydroxyl groups is 3. The van der Waals surface area contributed by atoms with Crippen LogP contribution in [-0.4, -0.2) is 56.8 Å². The van der Waals surface area contributed by atoms with Gasteiger partial charge in [0.15, 0.2) is 0 Å². The molecule has 8 heteroatoms. The standard InChI is InChI=1S/C38H50N2O6/c1-22(4-15-34(44)40-27-11-9-26(10-12-27)39-21-23-5-7-24(8-6-23)36(45)46)29-13-14-30-35-31(20-33(43)38(29,30)3)37(2)17-16-28(41)18-25(37)19-32(35)42/h5-12,21-22,25,28-33,35,41-43H,4,13-20H2,1-3H3,(H,40,44)(H,45,46)/t22-,25-,28-,29-,30+,31+,32?,33+,35+,37+,38-/m1/s1. The molecule has 0 radical (unpaired) electrons. The van der Waals surface area contributed by atoms with Gasteiger partial charge in [-0.05, 0) is 140 Å². The van der Waals surface area contributed by atoms with Crippen LogP contribution in [0.4, 0.5) is 11.4 Å². The van der Waals surface area contributed by atoms with Gasteiger partial charge in [0.1, 0.15) is 0 Å². The summed E-state index contributed by atoms with van der Waals surface area (Å²) in [5.41, 5.74) is 2.24. The average Bonchev–Trinajstić information content (AvgIpc) is 3.39. The number of hydrogen-bond donors (Lipinski definition) is 5. The Morgan fingerprint density at radius 1 is 0.957 bits per heavy atom. The molecule has 1 unspecified atom stereocenters.